The van der Waals surface area contributed by atoms with Crippen LogP contribution in [0.5, 0.6) is 0 Å². The molecule has 10 heteroatoms. The Kier molecular flexibility index (Phi) is 10.4. The minimum atomic E-state index is -3.68. The van der Waals surface area contributed by atoms with Gasteiger partial charge in [0.2, 0.25) is 10.0 Å². The number of carbonyl (C=O) groups is 2. The number of nitrogens with two attached hydrogens (primary N) is 1. The van der Waals surface area contributed by atoms with Gasteiger partial charge in [-0.15, -0.1) is 0 Å². The summed E-state index contributed by atoms with van der Waals surface area (Å²) >= 11 is 0. The number of aliphatic hydroxyl groups excluding tert-OH is 1. The monoisotopic (exact) mass is 621 g/mol. The molecule has 1 aliphatic rings. The van der Waals surface area contributed by atoms with Gasteiger partial charge in [-0.25, -0.2) is 17.9 Å². The number of hydrogen-bond acceptors (Lipinski definition) is 7. The summed E-state index contributed by atoms with van der Waals surface area (Å²) in [6.45, 7) is 5.83. The van der Waals surface area contributed by atoms with Crippen molar-refractivity contribution in [2.24, 2.45) is 0 Å². The Morgan fingerprint density at radius 3 is 2.20 bits per heavy atom. The van der Waals surface area contributed by atoms with Crippen LogP contribution in [0.25, 0.3) is 11.1 Å². The molecule has 1 fully saturated rings. The van der Waals surface area contributed by atoms with Crippen LogP contribution in [0, 0.1) is 0 Å². The quantitative estimate of drug-likeness (QED) is 0.243. The van der Waals surface area contributed by atoms with Crippen molar-refractivity contribution < 1.29 is 27.9 Å². The average Bonchev–Trinajstić information content (AvgIpc) is 3.49. The van der Waals surface area contributed by atoms with Crippen LogP contribution in [0.1, 0.15) is 85.5 Å². The first-order chi connectivity index (χ1) is 20.7. The maximum atomic E-state index is 13.0. The summed E-state index contributed by atoms with van der Waals surface area (Å²) in [5.74, 6) is -0.399. The third kappa shape index (κ3) is 9.30. The van der Waals surface area contributed by atoms with Crippen LogP contribution in [-0.2, 0) is 21.2 Å². The summed E-state index contributed by atoms with van der Waals surface area (Å²) in [7, 11) is -3.68. The maximum Gasteiger partial charge on any atom is 0.410 e. The van der Waals surface area contributed by atoms with Gasteiger partial charge in [0.25, 0.3) is 5.91 Å². The van der Waals surface area contributed by atoms with Gasteiger partial charge in [0.05, 0.1) is 18.9 Å². The van der Waals surface area contributed by atoms with Gasteiger partial charge in [0.15, 0.2) is 0 Å². The standard InChI is InChI=1S/C34H43N3O6S/c1-34(2,3)43-33(40)37(22-31(38)26-13-16-28(35)17-14-26)20-19-23-9-11-24(12-10-23)27-15-18-29(32(39)36-44(4,41)42)30(21-27)25-7-5-6-8-25/h9-18,21,25,31,38H,5-8,19-20,22,35H2,1-4H3,(H,36,39)/t31-/m0/s1. The lowest BCUT2D eigenvalue weighted by Gasteiger charge is -2.29. The highest BCUT2D eigenvalue weighted by Crippen LogP contribution is 2.38. The molecule has 0 aliphatic heterocycles. The van der Waals surface area contributed by atoms with E-state index in [0.717, 1.165) is 54.2 Å². The van der Waals surface area contributed by atoms with E-state index < -0.39 is 33.7 Å². The van der Waals surface area contributed by atoms with E-state index in [2.05, 4.69) is 4.72 Å². The van der Waals surface area contributed by atoms with Gasteiger partial charge in [-0.2, -0.15) is 0 Å². The molecule has 3 aromatic carbocycles. The Labute approximate surface area is 260 Å². The number of ether oxygens (including phenoxy) is 1. The van der Waals surface area contributed by atoms with E-state index >= 15 is 0 Å². The van der Waals surface area contributed by atoms with Crippen LogP contribution in [0.4, 0.5) is 10.5 Å². The predicted octanol–water partition coefficient (Wildman–Crippen LogP) is 5.80. The first-order valence-corrected chi connectivity index (χ1v) is 16.8. The Bertz CT molecular complexity index is 1560. The molecular weight excluding hydrogens is 578 g/mol. The van der Waals surface area contributed by atoms with E-state index in [0.29, 0.717) is 29.8 Å². The van der Waals surface area contributed by atoms with Gasteiger partial charge in [-0.3, -0.25) is 4.79 Å². The van der Waals surface area contributed by atoms with Crippen LogP contribution in [0.2, 0.25) is 0 Å². The van der Waals surface area contributed by atoms with E-state index in [4.69, 9.17) is 10.5 Å². The van der Waals surface area contributed by atoms with Gasteiger partial charge in [0.1, 0.15) is 5.60 Å². The van der Waals surface area contributed by atoms with Gasteiger partial charge < -0.3 is 20.5 Å². The van der Waals surface area contributed by atoms with Crippen molar-refractivity contribution >= 4 is 27.7 Å². The van der Waals surface area contributed by atoms with Crippen molar-refractivity contribution in [3.63, 3.8) is 0 Å². The summed E-state index contributed by atoms with van der Waals surface area (Å²) < 4.78 is 31.2. The zero-order valence-electron chi connectivity index (χ0n) is 25.9. The summed E-state index contributed by atoms with van der Waals surface area (Å²) in [5, 5.41) is 10.9. The minimum Gasteiger partial charge on any atom is -0.444 e. The lowest BCUT2D eigenvalue weighted by Crippen LogP contribution is -2.40. The largest absolute Gasteiger partial charge is 0.444 e. The maximum absolute atomic E-state index is 13.0. The number of carbonyl (C=O) groups excluding carboxylic acids is 2. The number of hydrogen-bond donors (Lipinski definition) is 3. The second-order valence-corrected chi connectivity index (χ2v) is 14.3. The molecule has 236 valence electrons. The van der Waals surface area contributed by atoms with Crippen molar-refractivity contribution in [2.45, 2.75) is 70.5 Å². The van der Waals surface area contributed by atoms with Crippen LogP contribution in [0.15, 0.2) is 66.7 Å². The summed E-state index contributed by atoms with van der Waals surface area (Å²) in [6.07, 6.45) is 4.20. The second kappa shape index (κ2) is 13.8. The Hall–Kier alpha value is -3.89. The molecule has 0 radical (unpaired) electrons. The predicted molar refractivity (Wildman–Crippen MR) is 173 cm³/mol. The normalized spacial score (nSPS) is 14.7. The SMILES string of the molecule is CC(C)(C)OC(=O)N(CCc1ccc(-c2ccc(C(=O)NS(C)(=O)=O)c(C3CCCC3)c2)cc1)C[C@H](O)c1ccc(N)cc1. The molecule has 2 amide bonds. The van der Waals surface area contributed by atoms with Gasteiger partial charge >= 0.3 is 6.09 Å². The van der Waals surface area contributed by atoms with E-state index in [9.17, 15) is 23.1 Å². The molecule has 44 heavy (non-hydrogen) atoms. The number of nitrogen functional groups attached to an aromatic ring is 1. The average molecular weight is 622 g/mol. The van der Waals surface area contributed by atoms with E-state index in [1.54, 1.807) is 51.1 Å². The number of anilines is 1. The van der Waals surface area contributed by atoms with Crippen molar-refractivity contribution in [1.29, 1.82) is 0 Å². The molecule has 4 rings (SSSR count). The molecule has 0 bridgehead atoms. The summed E-state index contributed by atoms with van der Waals surface area (Å²) in [5.41, 5.74) is 10.5. The molecule has 1 aliphatic carbocycles. The molecule has 4 N–H and O–H groups in total. The molecule has 0 aromatic heterocycles. The van der Waals surface area contributed by atoms with Crippen molar-refractivity contribution in [2.75, 3.05) is 25.1 Å². The fourth-order valence-corrected chi connectivity index (χ4v) is 5.94. The van der Waals surface area contributed by atoms with Crippen molar-refractivity contribution in [3.05, 3.63) is 89.0 Å². The zero-order valence-corrected chi connectivity index (χ0v) is 26.7. The van der Waals surface area contributed by atoms with Gasteiger partial charge in [-0.05, 0) is 92.0 Å². The highest BCUT2D eigenvalue weighted by molar-refractivity contribution is 7.89. The van der Waals surface area contributed by atoms with Crippen molar-refractivity contribution in [3.8, 4) is 11.1 Å². The van der Waals surface area contributed by atoms with Crippen molar-refractivity contribution in [1.82, 2.24) is 9.62 Å². The third-order valence-electron chi connectivity index (χ3n) is 7.69. The first-order valence-electron chi connectivity index (χ1n) is 15.0. The van der Waals surface area contributed by atoms with E-state index in [-0.39, 0.29) is 12.5 Å². The number of aliphatic hydroxyl groups is 1. The third-order valence-corrected chi connectivity index (χ3v) is 8.25. The summed E-state index contributed by atoms with van der Waals surface area (Å²) in [6, 6.07) is 20.5. The first kappa shape index (κ1) is 33.0. The second-order valence-electron chi connectivity index (χ2n) is 12.5. The van der Waals surface area contributed by atoms with E-state index in [1.165, 1.54) is 4.90 Å². The lowest BCUT2D eigenvalue weighted by atomic mass is 9.89. The zero-order chi connectivity index (χ0) is 32.1. The van der Waals surface area contributed by atoms with Crippen LogP contribution in [0.3, 0.4) is 0 Å². The van der Waals surface area contributed by atoms with Gasteiger partial charge in [-0.1, -0.05) is 61.4 Å². The molecule has 0 heterocycles. The van der Waals surface area contributed by atoms with Gasteiger partial charge in [0, 0.05) is 17.8 Å². The molecule has 9 nitrogen and oxygen atoms in total. The highest BCUT2D eigenvalue weighted by atomic mass is 32.2. The van der Waals surface area contributed by atoms with Crippen LogP contribution in [-0.4, -0.2) is 55.4 Å². The topological polar surface area (TPSA) is 139 Å². The summed E-state index contributed by atoms with van der Waals surface area (Å²) in [4.78, 5) is 27.4. The smallest absolute Gasteiger partial charge is 0.410 e. The van der Waals surface area contributed by atoms with Crippen LogP contribution >= 0.6 is 0 Å². The lowest BCUT2D eigenvalue weighted by molar-refractivity contribution is 0.0147. The number of nitrogens with one attached hydrogen (secondary N) is 1. The molecule has 0 unspecified atom stereocenters. The molecule has 3 aromatic rings. The number of rotatable bonds is 10. The fraction of sp³-hybridized carbons (Fsp3) is 0.412. The number of sulfonamides is 1. The fourth-order valence-electron chi connectivity index (χ4n) is 5.49. The van der Waals surface area contributed by atoms with Crippen LogP contribution < -0.4 is 10.5 Å². The van der Waals surface area contributed by atoms with E-state index in [1.807, 2.05) is 36.4 Å². The highest BCUT2D eigenvalue weighted by Gasteiger charge is 2.26. The molecule has 1 atom stereocenters. The Morgan fingerprint density at radius 2 is 1.61 bits per heavy atom. The molecule has 0 saturated heterocycles. The Morgan fingerprint density at radius 1 is 1.00 bits per heavy atom. The number of benzene rings is 3. The molecule has 0 spiro atoms. The number of amides is 2. The minimum absolute atomic E-state index is 0.0696. The molecule has 1 saturated carbocycles. The number of nitrogens with zero attached hydrogens (tertiary/aromatic N) is 1. The Balaban J connectivity index is 1.50. The molecular formula is C34H43N3O6S.